The molecule has 0 unspecified atom stereocenters. The standard InChI is InChI=1S/C18H21NO2/c1-4-16(15-10-11-17(21-3)13(2)12-15)19-18(20)14-8-6-5-7-9-14/h5-12,16H,4H2,1-3H3,(H,19,20)/t16-/m0/s1. The number of hydrogen-bond acceptors (Lipinski definition) is 2. The smallest absolute Gasteiger partial charge is 0.251 e. The molecule has 3 heteroatoms. The molecule has 0 bridgehead atoms. The van der Waals surface area contributed by atoms with Crippen molar-refractivity contribution < 1.29 is 9.53 Å². The van der Waals surface area contributed by atoms with E-state index in [0.29, 0.717) is 5.56 Å². The van der Waals surface area contributed by atoms with E-state index < -0.39 is 0 Å². The van der Waals surface area contributed by atoms with E-state index in [1.807, 2.05) is 49.4 Å². The Morgan fingerprint density at radius 3 is 2.48 bits per heavy atom. The molecule has 0 saturated heterocycles. The van der Waals surface area contributed by atoms with E-state index in [1.165, 1.54) is 0 Å². The third kappa shape index (κ3) is 3.63. The fourth-order valence-corrected chi connectivity index (χ4v) is 2.37. The summed E-state index contributed by atoms with van der Waals surface area (Å²) in [4.78, 5) is 12.3. The summed E-state index contributed by atoms with van der Waals surface area (Å²) < 4.78 is 5.28. The first-order chi connectivity index (χ1) is 10.2. The van der Waals surface area contributed by atoms with Gasteiger partial charge in [0.15, 0.2) is 0 Å². The van der Waals surface area contributed by atoms with E-state index in [-0.39, 0.29) is 11.9 Å². The van der Waals surface area contributed by atoms with Crippen LogP contribution < -0.4 is 10.1 Å². The van der Waals surface area contributed by atoms with E-state index in [9.17, 15) is 4.79 Å². The monoisotopic (exact) mass is 283 g/mol. The second-order valence-electron chi connectivity index (χ2n) is 5.03. The number of carbonyl (C=O) groups is 1. The Bertz CT molecular complexity index is 608. The second kappa shape index (κ2) is 6.93. The van der Waals surface area contributed by atoms with Crippen LogP contribution in [0.25, 0.3) is 0 Å². The average Bonchev–Trinajstić information content (AvgIpc) is 2.53. The summed E-state index contributed by atoms with van der Waals surface area (Å²) in [6.07, 6.45) is 0.838. The first-order valence-electron chi connectivity index (χ1n) is 7.16. The molecule has 3 nitrogen and oxygen atoms in total. The highest BCUT2D eigenvalue weighted by Gasteiger charge is 2.14. The summed E-state index contributed by atoms with van der Waals surface area (Å²) >= 11 is 0. The van der Waals surface area contributed by atoms with Gasteiger partial charge < -0.3 is 10.1 Å². The van der Waals surface area contributed by atoms with Crippen LogP contribution in [-0.4, -0.2) is 13.0 Å². The number of ether oxygens (including phenoxy) is 1. The number of aryl methyl sites for hydroxylation is 1. The van der Waals surface area contributed by atoms with Crippen molar-refractivity contribution in [2.75, 3.05) is 7.11 Å². The average molecular weight is 283 g/mol. The van der Waals surface area contributed by atoms with Crippen molar-refractivity contribution in [3.8, 4) is 5.75 Å². The van der Waals surface area contributed by atoms with Gasteiger partial charge in [-0.1, -0.05) is 37.3 Å². The lowest BCUT2D eigenvalue weighted by Gasteiger charge is -2.19. The van der Waals surface area contributed by atoms with Crippen molar-refractivity contribution in [3.63, 3.8) is 0 Å². The van der Waals surface area contributed by atoms with Crippen molar-refractivity contribution in [2.24, 2.45) is 0 Å². The molecule has 0 radical (unpaired) electrons. The molecule has 2 aromatic rings. The number of nitrogens with one attached hydrogen (secondary N) is 1. The normalized spacial score (nSPS) is 11.8. The van der Waals surface area contributed by atoms with Crippen molar-refractivity contribution in [1.82, 2.24) is 5.32 Å². The highest BCUT2D eigenvalue weighted by Crippen LogP contribution is 2.24. The Morgan fingerprint density at radius 1 is 1.19 bits per heavy atom. The molecule has 2 rings (SSSR count). The minimum Gasteiger partial charge on any atom is -0.496 e. The van der Waals surface area contributed by atoms with Crippen LogP contribution in [0.2, 0.25) is 0 Å². The van der Waals surface area contributed by atoms with Crippen LogP contribution in [0.5, 0.6) is 5.75 Å². The van der Waals surface area contributed by atoms with Gasteiger partial charge in [-0.25, -0.2) is 0 Å². The van der Waals surface area contributed by atoms with Gasteiger partial charge in [0.2, 0.25) is 0 Å². The zero-order valence-corrected chi connectivity index (χ0v) is 12.7. The number of hydrogen-bond donors (Lipinski definition) is 1. The zero-order chi connectivity index (χ0) is 15.2. The van der Waals surface area contributed by atoms with Gasteiger partial charge in [-0.3, -0.25) is 4.79 Å². The summed E-state index contributed by atoms with van der Waals surface area (Å²) in [5, 5.41) is 3.08. The molecule has 21 heavy (non-hydrogen) atoms. The summed E-state index contributed by atoms with van der Waals surface area (Å²) in [7, 11) is 1.66. The predicted octanol–water partition coefficient (Wildman–Crippen LogP) is 3.88. The van der Waals surface area contributed by atoms with Crippen molar-refractivity contribution in [2.45, 2.75) is 26.3 Å². The summed E-state index contributed by atoms with van der Waals surface area (Å²) in [5.41, 5.74) is 2.85. The topological polar surface area (TPSA) is 38.3 Å². The van der Waals surface area contributed by atoms with Crippen molar-refractivity contribution in [3.05, 3.63) is 65.2 Å². The molecule has 110 valence electrons. The lowest BCUT2D eigenvalue weighted by atomic mass is 10.0. The SMILES string of the molecule is CC[C@H](NC(=O)c1ccccc1)c1ccc(OC)c(C)c1. The molecule has 0 aromatic heterocycles. The third-order valence-corrected chi connectivity index (χ3v) is 3.57. The van der Waals surface area contributed by atoms with E-state index in [4.69, 9.17) is 4.74 Å². The second-order valence-corrected chi connectivity index (χ2v) is 5.03. The largest absolute Gasteiger partial charge is 0.496 e. The molecule has 0 aliphatic carbocycles. The highest BCUT2D eigenvalue weighted by molar-refractivity contribution is 5.94. The maximum atomic E-state index is 12.3. The minimum absolute atomic E-state index is 0.00214. The lowest BCUT2D eigenvalue weighted by Crippen LogP contribution is -2.28. The fourth-order valence-electron chi connectivity index (χ4n) is 2.37. The molecule has 0 heterocycles. The fraction of sp³-hybridized carbons (Fsp3) is 0.278. The maximum Gasteiger partial charge on any atom is 0.251 e. The van der Waals surface area contributed by atoms with E-state index in [1.54, 1.807) is 7.11 Å². The summed E-state index contributed by atoms with van der Waals surface area (Å²) in [5.74, 6) is 0.818. The summed E-state index contributed by atoms with van der Waals surface area (Å²) in [6, 6.07) is 15.3. The van der Waals surface area contributed by atoms with Crippen molar-refractivity contribution in [1.29, 1.82) is 0 Å². The van der Waals surface area contributed by atoms with Gasteiger partial charge in [-0.2, -0.15) is 0 Å². The number of methoxy groups -OCH3 is 1. The third-order valence-electron chi connectivity index (χ3n) is 3.57. The van der Waals surface area contributed by atoms with Gasteiger partial charge in [-0.05, 0) is 42.7 Å². The summed E-state index contributed by atoms with van der Waals surface area (Å²) in [6.45, 7) is 4.07. The van der Waals surface area contributed by atoms with Gasteiger partial charge >= 0.3 is 0 Å². The number of benzene rings is 2. The molecular weight excluding hydrogens is 262 g/mol. The van der Waals surface area contributed by atoms with Crippen LogP contribution in [0.4, 0.5) is 0 Å². The predicted molar refractivity (Wildman–Crippen MR) is 84.7 cm³/mol. The molecule has 0 spiro atoms. The van der Waals surface area contributed by atoms with Crippen LogP contribution in [-0.2, 0) is 0 Å². The van der Waals surface area contributed by atoms with Crippen LogP contribution >= 0.6 is 0 Å². The molecule has 1 N–H and O–H groups in total. The van der Waals surface area contributed by atoms with Gasteiger partial charge in [0.25, 0.3) is 5.91 Å². The Kier molecular flexibility index (Phi) is 4.99. The first-order valence-corrected chi connectivity index (χ1v) is 7.16. The van der Waals surface area contributed by atoms with Gasteiger partial charge in [0, 0.05) is 5.56 Å². The van der Waals surface area contributed by atoms with E-state index >= 15 is 0 Å². The van der Waals surface area contributed by atoms with Crippen LogP contribution in [0.15, 0.2) is 48.5 Å². The van der Waals surface area contributed by atoms with Crippen molar-refractivity contribution >= 4 is 5.91 Å². The zero-order valence-electron chi connectivity index (χ0n) is 12.7. The van der Waals surface area contributed by atoms with Gasteiger partial charge in [-0.15, -0.1) is 0 Å². The Hall–Kier alpha value is -2.29. The van der Waals surface area contributed by atoms with E-state index in [0.717, 1.165) is 23.3 Å². The minimum atomic E-state index is -0.0454. The highest BCUT2D eigenvalue weighted by atomic mass is 16.5. The molecule has 2 aromatic carbocycles. The van der Waals surface area contributed by atoms with Gasteiger partial charge in [0.05, 0.1) is 13.2 Å². The molecule has 0 saturated carbocycles. The first kappa shape index (κ1) is 15.1. The maximum absolute atomic E-state index is 12.3. The van der Waals surface area contributed by atoms with Crippen LogP contribution in [0, 0.1) is 6.92 Å². The van der Waals surface area contributed by atoms with E-state index in [2.05, 4.69) is 18.3 Å². The quantitative estimate of drug-likeness (QED) is 0.904. The van der Waals surface area contributed by atoms with Gasteiger partial charge in [0.1, 0.15) is 5.75 Å². The molecular formula is C18H21NO2. The Balaban J connectivity index is 2.16. The van der Waals surface area contributed by atoms with Crippen LogP contribution in [0.3, 0.4) is 0 Å². The lowest BCUT2D eigenvalue weighted by molar-refractivity contribution is 0.0935. The molecule has 1 amide bonds. The molecule has 1 atom stereocenters. The Labute approximate surface area is 126 Å². The molecule has 0 fully saturated rings. The Morgan fingerprint density at radius 2 is 1.90 bits per heavy atom. The van der Waals surface area contributed by atoms with Crippen LogP contribution in [0.1, 0.15) is 40.9 Å². The molecule has 0 aliphatic heterocycles. The number of amides is 1. The molecule has 0 aliphatic rings. The number of carbonyl (C=O) groups excluding carboxylic acids is 1. The number of rotatable bonds is 5.